The molecular weight excluding hydrogens is 345 g/mol. The maximum Gasteiger partial charge on any atom is 0.263 e. The minimum atomic E-state index is -3.84. The van der Waals surface area contributed by atoms with Crippen molar-refractivity contribution in [2.75, 3.05) is 37.2 Å². The molecule has 1 aromatic carbocycles. The Bertz CT molecular complexity index is 810. The molecule has 9 heteroatoms. The Morgan fingerprint density at radius 1 is 1.12 bits per heavy atom. The topological polar surface area (TPSA) is 87.2 Å². The van der Waals surface area contributed by atoms with Crippen LogP contribution in [0.2, 0.25) is 0 Å². The van der Waals surface area contributed by atoms with E-state index in [0.717, 1.165) is 25.6 Å². The molecule has 0 aliphatic heterocycles. The summed E-state index contributed by atoms with van der Waals surface area (Å²) >= 11 is 0. The molecule has 1 aromatic heterocycles. The summed E-state index contributed by atoms with van der Waals surface area (Å²) in [6, 6.07) is 6.77. The molecule has 0 unspecified atom stereocenters. The van der Waals surface area contributed by atoms with Gasteiger partial charge in [-0.05, 0) is 69.9 Å². The van der Waals surface area contributed by atoms with Gasteiger partial charge in [-0.3, -0.25) is 4.72 Å². The summed E-state index contributed by atoms with van der Waals surface area (Å²) in [6.07, 6.45) is 0.951. The quantitative estimate of drug-likeness (QED) is 0.695. The molecule has 0 aliphatic carbocycles. The van der Waals surface area contributed by atoms with E-state index < -0.39 is 15.8 Å². The molecule has 0 fully saturated rings. The van der Waals surface area contributed by atoms with Gasteiger partial charge in [0.2, 0.25) is 0 Å². The number of nitrogens with zero attached hydrogens (tertiary/aromatic N) is 3. The second-order valence-electron chi connectivity index (χ2n) is 5.90. The predicted molar refractivity (Wildman–Crippen MR) is 95.6 cm³/mol. The van der Waals surface area contributed by atoms with E-state index in [0.29, 0.717) is 5.82 Å². The summed E-state index contributed by atoms with van der Waals surface area (Å²) in [5.74, 6) is 0.212. The first-order valence-corrected chi connectivity index (χ1v) is 9.27. The first kappa shape index (κ1) is 19.1. The molecule has 25 heavy (non-hydrogen) atoms. The second-order valence-corrected chi connectivity index (χ2v) is 7.59. The van der Waals surface area contributed by atoms with E-state index in [-0.39, 0.29) is 16.3 Å². The first-order valence-electron chi connectivity index (χ1n) is 7.79. The molecule has 136 valence electrons. The van der Waals surface area contributed by atoms with Gasteiger partial charge in [0.15, 0.2) is 5.82 Å². The van der Waals surface area contributed by atoms with Gasteiger partial charge in [-0.2, -0.15) is 0 Å². The SMILES string of the molecule is Cc1cc(S(=O)(=O)Nc2ccc(NCCCN(C)C)nn2)ccc1F. The van der Waals surface area contributed by atoms with Crippen molar-refractivity contribution in [1.29, 1.82) is 0 Å². The van der Waals surface area contributed by atoms with Crippen molar-refractivity contribution < 1.29 is 12.8 Å². The van der Waals surface area contributed by atoms with Crippen molar-refractivity contribution in [3.05, 3.63) is 41.7 Å². The molecule has 2 rings (SSSR count). The van der Waals surface area contributed by atoms with Gasteiger partial charge in [0, 0.05) is 6.54 Å². The van der Waals surface area contributed by atoms with Crippen molar-refractivity contribution in [3.8, 4) is 0 Å². The van der Waals surface area contributed by atoms with Gasteiger partial charge in [0.05, 0.1) is 4.90 Å². The molecule has 7 nitrogen and oxygen atoms in total. The van der Waals surface area contributed by atoms with Gasteiger partial charge in [-0.25, -0.2) is 12.8 Å². The maximum absolute atomic E-state index is 13.3. The summed E-state index contributed by atoms with van der Waals surface area (Å²) in [7, 11) is 0.166. The second kappa shape index (κ2) is 8.21. The van der Waals surface area contributed by atoms with E-state index in [1.165, 1.54) is 25.1 Å². The summed E-state index contributed by atoms with van der Waals surface area (Å²) in [5, 5.41) is 10.9. The van der Waals surface area contributed by atoms with Gasteiger partial charge in [-0.15, -0.1) is 10.2 Å². The van der Waals surface area contributed by atoms with E-state index in [9.17, 15) is 12.8 Å². The monoisotopic (exact) mass is 367 g/mol. The molecule has 0 spiro atoms. The van der Waals surface area contributed by atoms with E-state index >= 15 is 0 Å². The molecule has 0 bridgehead atoms. The van der Waals surface area contributed by atoms with Crippen LogP contribution in [0.25, 0.3) is 0 Å². The lowest BCUT2D eigenvalue weighted by atomic mass is 10.2. The molecular formula is C16H22FN5O2S. The Kier molecular flexibility index (Phi) is 6.27. The fourth-order valence-corrected chi connectivity index (χ4v) is 3.15. The Morgan fingerprint density at radius 2 is 1.80 bits per heavy atom. The van der Waals surface area contributed by atoms with Crippen LogP contribution < -0.4 is 10.0 Å². The van der Waals surface area contributed by atoms with Crippen LogP contribution in [-0.4, -0.2) is 50.7 Å². The predicted octanol–water partition coefficient (Wildman–Crippen LogP) is 2.09. The third-order valence-electron chi connectivity index (χ3n) is 3.43. The molecule has 0 amide bonds. The van der Waals surface area contributed by atoms with Crippen molar-refractivity contribution in [2.24, 2.45) is 0 Å². The third-order valence-corrected chi connectivity index (χ3v) is 4.78. The number of hydrogen-bond acceptors (Lipinski definition) is 6. The number of aryl methyl sites for hydroxylation is 1. The van der Waals surface area contributed by atoms with Crippen LogP contribution in [0.5, 0.6) is 0 Å². The van der Waals surface area contributed by atoms with Crippen LogP contribution in [0.1, 0.15) is 12.0 Å². The van der Waals surface area contributed by atoms with Gasteiger partial charge in [0.25, 0.3) is 10.0 Å². The molecule has 0 saturated heterocycles. The van der Waals surface area contributed by atoms with Crippen LogP contribution in [0.15, 0.2) is 35.2 Å². The molecule has 1 heterocycles. The largest absolute Gasteiger partial charge is 0.369 e. The molecule has 0 aliphatic rings. The fraction of sp³-hybridized carbons (Fsp3) is 0.375. The highest BCUT2D eigenvalue weighted by molar-refractivity contribution is 7.92. The van der Waals surface area contributed by atoms with Crippen molar-refractivity contribution in [3.63, 3.8) is 0 Å². The van der Waals surface area contributed by atoms with Gasteiger partial charge < -0.3 is 10.2 Å². The third kappa shape index (κ3) is 5.64. The lowest BCUT2D eigenvalue weighted by Gasteiger charge is -2.10. The Labute approximate surface area is 147 Å². The summed E-state index contributed by atoms with van der Waals surface area (Å²) in [5.41, 5.74) is 0.256. The molecule has 0 radical (unpaired) electrons. The number of halogens is 1. The number of sulfonamides is 1. The van der Waals surface area contributed by atoms with Crippen LogP contribution in [0, 0.1) is 12.7 Å². The summed E-state index contributed by atoms with van der Waals surface area (Å²) < 4.78 is 40.2. The Balaban J connectivity index is 1.99. The smallest absolute Gasteiger partial charge is 0.263 e. The zero-order valence-electron chi connectivity index (χ0n) is 14.5. The fourth-order valence-electron chi connectivity index (χ4n) is 2.07. The highest BCUT2D eigenvalue weighted by Crippen LogP contribution is 2.17. The van der Waals surface area contributed by atoms with Crippen molar-refractivity contribution in [1.82, 2.24) is 15.1 Å². The van der Waals surface area contributed by atoms with Crippen LogP contribution in [0.4, 0.5) is 16.0 Å². The average molecular weight is 367 g/mol. The van der Waals surface area contributed by atoms with Crippen molar-refractivity contribution in [2.45, 2.75) is 18.2 Å². The Hall–Kier alpha value is -2.26. The summed E-state index contributed by atoms with van der Waals surface area (Å²) in [6.45, 7) is 3.20. The maximum atomic E-state index is 13.3. The number of nitrogens with one attached hydrogen (secondary N) is 2. The summed E-state index contributed by atoms with van der Waals surface area (Å²) in [4.78, 5) is 2.06. The van der Waals surface area contributed by atoms with E-state index in [1.54, 1.807) is 6.07 Å². The normalized spacial score (nSPS) is 11.6. The zero-order valence-corrected chi connectivity index (χ0v) is 15.3. The van der Waals surface area contributed by atoms with Gasteiger partial charge >= 0.3 is 0 Å². The molecule has 0 saturated carbocycles. The average Bonchev–Trinajstić information content (AvgIpc) is 2.55. The zero-order chi connectivity index (χ0) is 18.4. The first-order chi connectivity index (χ1) is 11.8. The van der Waals surface area contributed by atoms with Gasteiger partial charge in [0.1, 0.15) is 11.6 Å². The van der Waals surface area contributed by atoms with Crippen molar-refractivity contribution >= 4 is 21.7 Å². The standard InChI is InChI=1S/C16H22FN5O2S/c1-12-11-13(5-6-14(12)17)25(23,24)21-16-8-7-15(19-20-16)18-9-4-10-22(2)3/h5-8,11H,4,9-10H2,1-3H3,(H,18,19)(H,20,21). The molecule has 2 N–H and O–H groups in total. The number of hydrogen-bond donors (Lipinski definition) is 2. The van der Waals surface area contributed by atoms with Gasteiger partial charge in [-0.1, -0.05) is 0 Å². The highest BCUT2D eigenvalue weighted by Gasteiger charge is 2.16. The van der Waals surface area contributed by atoms with Crippen LogP contribution in [0.3, 0.4) is 0 Å². The van der Waals surface area contributed by atoms with E-state index in [4.69, 9.17) is 0 Å². The number of benzene rings is 1. The minimum Gasteiger partial charge on any atom is -0.369 e. The molecule has 0 atom stereocenters. The lowest BCUT2D eigenvalue weighted by molar-refractivity contribution is 0.405. The van der Waals surface area contributed by atoms with Crippen LogP contribution in [-0.2, 0) is 10.0 Å². The van der Waals surface area contributed by atoms with E-state index in [1.807, 2.05) is 14.1 Å². The number of aromatic nitrogens is 2. The van der Waals surface area contributed by atoms with Crippen LogP contribution >= 0.6 is 0 Å². The minimum absolute atomic E-state index is 0.0286. The highest BCUT2D eigenvalue weighted by atomic mass is 32.2. The number of rotatable bonds is 8. The molecule has 2 aromatic rings. The Morgan fingerprint density at radius 3 is 2.40 bits per heavy atom. The number of anilines is 2. The van der Waals surface area contributed by atoms with E-state index in [2.05, 4.69) is 25.1 Å². The lowest BCUT2D eigenvalue weighted by Crippen LogP contribution is -2.17.